The van der Waals surface area contributed by atoms with Crippen LogP contribution in [0.1, 0.15) is 55.9 Å². The second-order valence-electron chi connectivity index (χ2n) is 8.43. The number of anilines is 1. The molecule has 0 radical (unpaired) electrons. The molecular formula is C20H28BrN5O5S. The van der Waals surface area contributed by atoms with Crippen molar-refractivity contribution >= 4 is 45.0 Å². The second-order valence-corrected chi connectivity index (χ2v) is 10.6. The first-order chi connectivity index (χ1) is 15.1. The largest absolute Gasteiger partial charge is 0.444 e. The van der Waals surface area contributed by atoms with E-state index in [9.17, 15) is 9.59 Å². The number of ether oxygens (including phenoxy) is 3. The van der Waals surface area contributed by atoms with E-state index in [0.717, 1.165) is 5.69 Å². The molecular weight excluding hydrogens is 502 g/mol. The maximum Gasteiger partial charge on any atom is 0.407 e. The summed E-state index contributed by atoms with van der Waals surface area (Å²) in [6.07, 6.45) is 1.60. The maximum absolute atomic E-state index is 12.6. The Bertz CT molecular complexity index is 957. The molecule has 3 rings (SSSR count). The third-order valence-corrected chi connectivity index (χ3v) is 6.27. The topological polar surface area (TPSA) is 117 Å². The van der Waals surface area contributed by atoms with Crippen LogP contribution in [-0.2, 0) is 21.3 Å². The lowest BCUT2D eigenvalue weighted by molar-refractivity contribution is -0.0263. The van der Waals surface area contributed by atoms with Gasteiger partial charge in [0, 0.05) is 19.5 Å². The number of amides is 2. The van der Waals surface area contributed by atoms with Gasteiger partial charge in [-0.15, -0.1) is 11.3 Å². The summed E-state index contributed by atoms with van der Waals surface area (Å²) in [7, 11) is 3.38. The quantitative estimate of drug-likeness (QED) is 0.606. The summed E-state index contributed by atoms with van der Waals surface area (Å²) in [6.45, 7) is 5.71. The first kappa shape index (κ1) is 24.6. The highest BCUT2D eigenvalue weighted by Crippen LogP contribution is 2.33. The molecule has 1 saturated heterocycles. The van der Waals surface area contributed by atoms with Crippen LogP contribution in [0.5, 0.6) is 0 Å². The molecule has 2 aromatic rings. The number of thiazole rings is 1. The molecule has 3 heterocycles. The van der Waals surface area contributed by atoms with E-state index in [0.29, 0.717) is 28.1 Å². The monoisotopic (exact) mass is 529 g/mol. The number of carbonyl (C=O) groups is 2. The third-order valence-electron chi connectivity index (χ3n) is 4.90. The zero-order valence-electron chi connectivity index (χ0n) is 18.7. The van der Waals surface area contributed by atoms with Gasteiger partial charge in [-0.05, 0) is 49.5 Å². The Morgan fingerprint density at radius 3 is 2.72 bits per heavy atom. The highest BCUT2D eigenvalue weighted by molar-refractivity contribution is 9.11. The average molecular weight is 530 g/mol. The minimum Gasteiger partial charge on any atom is -0.444 e. The van der Waals surface area contributed by atoms with Gasteiger partial charge in [-0.1, -0.05) is 0 Å². The molecule has 0 bridgehead atoms. The van der Waals surface area contributed by atoms with Gasteiger partial charge < -0.3 is 24.8 Å². The Morgan fingerprint density at radius 2 is 2.09 bits per heavy atom. The molecule has 0 aromatic carbocycles. The third kappa shape index (κ3) is 6.27. The number of hydrogen-bond acceptors (Lipinski definition) is 8. The number of nitrogens with one attached hydrogen (secondary N) is 2. The molecule has 1 fully saturated rings. The number of halogens is 1. The van der Waals surface area contributed by atoms with E-state index in [1.807, 2.05) is 20.8 Å². The SMILES string of the molecule is CO[C@H]1CO[C@H](c2c(NC(=O)c3csc(Br)n3)cnn2C)CC[C@H]1NC(=O)OC(C)(C)C. The van der Waals surface area contributed by atoms with Crippen LogP contribution in [-0.4, -0.2) is 58.2 Å². The van der Waals surface area contributed by atoms with Gasteiger partial charge in [0.1, 0.15) is 23.5 Å². The van der Waals surface area contributed by atoms with Crippen molar-refractivity contribution in [3.05, 3.63) is 26.9 Å². The minimum atomic E-state index is -0.592. The van der Waals surface area contributed by atoms with E-state index in [2.05, 4.69) is 36.6 Å². The van der Waals surface area contributed by atoms with Crippen LogP contribution in [0.25, 0.3) is 0 Å². The molecule has 0 saturated carbocycles. The van der Waals surface area contributed by atoms with Crippen LogP contribution in [0.3, 0.4) is 0 Å². The van der Waals surface area contributed by atoms with Crippen LogP contribution in [0, 0.1) is 0 Å². The highest BCUT2D eigenvalue weighted by Gasteiger charge is 2.33. The van der Waals surface area contributed by atoms with Crippen LogP contribution in [0.2, 0.25) is 0 Å². The molecule has 32 heavy (non-hydrogen) atoms. The molecule has 1 aliphatic heterocycles. The van der Waals surface area contributed by atoms with Crippen molar-refractivity contribution in [2.75, 3.05) is 19.0 Å². The Hall–Kier alpha value is -2.02. The first-order valence-electron chi connectivity index (χ1n) is 10.2. The Balaban J connectivity index is 1.72. The summed E-state index contributed by atoms with van der Waals surface area (Å²) in [5.74, 6) is -0.325. The summed E-state index contributed by atoms with van der Waals surface area (Å²) in [5, 5.41) is 11.7. The van der Waals surface area contributed by atoms with E-state index in [4.69, 9.17) is 14.2 Å². The minimum absolute atomic E-state index is 0.263. The van der Waals surface area contributed by atoms with Crippen LogP contribution in [0.4, 0.5) is 10.5 Å². The molecule has 0 unspecified atom stereocenters. The molecule has 2 N–H and O–H groups in total. The number of aromatic nitrogens is 3. The van der Waals surface area contributed by atoms with Gasteiger partial charge >= 0.3 is 6.09 Å². The van der Waals surface area contributed by atoms with E-state index in [1.54, 1.807) is 30.4 Å². The molecule has 10 nitrogen and oxygen atoms in total. The Kier molecular flexibility index (Phi) is 7.91. The standard InChI is InChI=1S/C20H28BrN5O5S/c1-20(2,3)31-19(28)25-11-6-7-14(30-9-15(11)29-5)16-12(8-22-26(16)4)23-17(27)13-10-32-18(21)24-13/h8,10-11,14-15H,6-7,9H2,1-5H3,(H,23,27)(H,25,28)/t11-,14+,15+/m1/s1. The molecule has 1 aliphatic rings. The molecule has 12 heteroatoms. The fourth-order valence-electron chi connectivity index (χ4n) is 3.47. The Labute approximate surface area is 199 Å². The number of alkyl carbamates (subject to hydrolysis) is 1. The molecule has 176 valence electrons. The first-order valence-corrected chi connectivity index (χ1v) is 11.8. The van der Waals surface area contributed by atoms with Crippen molar-refractivity contribution in [1.82, 2.24) is 20.1 Å². The Morgan fingerprint density at radius 1 is 1.34 bits per heavy atom. The fourth-order valence-corrected chi connectivity index (χ4v) is 4.46. The van der Waals surface area contributed by atoms with Gasteiger partial charge in [0.2, 0.25) is 0 Å². The zero-order valence-corrected chi connectivity index (χ0v) is 21.1. The predicted molar refractivity (Wildman–Crippen MR) is 123 cm³/mol. The highest BCUT2D eigenvalue weighted by atomic mass is 79.9. The molecule has 0 spiro atoms. The predicted octanol–water partition coefficient (Wildman–Crippen LogP) is 3.65. The number of hydrogen-bond donors (Lipinski definition) is 2. The second kappa shape index (κ2) is 10.3. The van der Waals surface area contributed by atoms with Crippen molar-refractivity contribution < 1.29 is 23.8 Å². The summed E-state index contributed by atoms with van der Waals surface area (Å²) >= 11 is 4.60. The molecule has 3 atom stereocenters. The number of methoxy groups -OCH3 is 1. The van der Waals surface area contributed by atoms with Gasteiger partial charge in [0.25, 0.3) is 5.91 Å². The summed E-state index contributed by atoms with van der Waals surface area (Å²) < 4.78 is 19.4. The molecule has 2 amide bonds. The van der Waals surface area contributed by atoms with Crippen LogP contribution >= 0.6 is 27.3 Å². The van der Waals surface area contributed by atoms with Gasteiger partial charge in [-0.2, -0.15) is 5.10 Å². The molecule has 2 aromatic heterocycles. The van der Waals surface area contributed by atoms with Crippen molar-refractivity contribution in [1.29, 1.82) is 0 Å². The number of rotatable bonds is 5. The number of nitrogens with zero attached hydrogens (tertiary/aromatic N) is 3. The molecule has 0 aliphatic carbocycles. The van der Waals surface area contributed by atoms with E-state index in [1.165, 1.54) is 11.3 Å². The van der Waals surface area contributed by atoms with Crippen molar-refractivity contribution in [3.63, 3.8) is 0 Å². The van der Waals surface area contributed by atoms with E-state index < -0.39 is 11.7 Å². The van der Waals surface area contributed by atoms with Crippen molar-refractivity contribution in [2.24, 2.45) is 7.05 Å². The maximum atomic E-state index is 12.6. The summed E-state index contributed by atoms with van der Waals surface area (Å²) in [5.41, 5.74) is 1.02. The average Bonchev–Trinajstić information content (AvgIpc) is 3.22. The lowest BCUT2D eigenvalue weighted by Crippen LogP contribution is -2.46. The number of carbonyl (C=O) groups excluding carboxylic acids is 2. The van der Waals surface area contributed by atoms with Gasteiger partial charge in [-0.25, -0.2) is 9.78 Å². The number of aryl methyl sites for hydroxylation is 1. The normalized spacial score (nSPS) is 21.6. The van der Waals surface area contributed by atoms with E-state index in [-0.39, 0.29) is 30.8 Å². The van der Waals surface area contributed by atoms with Crippen molar-refractivity contribution in [2.45, 2.75) is 57.5 Å². The fraction of sp³-hybridized carbons (Fsp3) is 0.600. The van der Waals surface area contributed by atoms with Crippen LogP contribution < -0.4 is 10.6 Å². The smallest absolute Gasteiger partial charge is 0.407 e. The van der Waals surface area contributed by atoms with Gasteiger partial charge in [0.05, 0.1) is 30.2 Å². The van der Waals surface area contributed by atoms with Crippen molar-refractivity contribution in [3.8, 4) is 0 Å². The van der Waals surface area contributed by atoms with Gasteiger partial charge in [-0.3, -0.25) is 9.48 Å². The summed E-state index contributed by atoms with van der Waals surface area (Å²) in [6, 6.07) is -0.279. The lowest BCUT2D eigenvalue weighted by Gasteiger charge is -2.26. The zero-order chi connectivity index (χ0) is 23.5. The summed E-state index contributed by atoms with van der Waals surface area (Å²) in [4.78, 5) is 29.0. The van der Waals surface area contributed by atoms with Gasteiger partial charge in [0.15, 0.2) is 3.92 Å². The van der Waals surface area contributed by atoms with E-state index >= 15 is 0 Å². The lowest BCUT2D eigenvalue weighted by atomic mass is 10.0. The van der Waals surface area contributed by atoms with Crippen LogP contribution in [0.15, 0.2) is 15.5 Å².